The second-order valence-electron chi connectivity index (χ2n) is 28.6. The molecule has 0 spiro atoms. The van der Waals surface area contributed by atoms with Gasteiger partial charge in [0.25, 0.3) is 5.12 Å². The standard InChI is InChI=1S/C80H158N2O7S2/c1-5-9-13-17-21-25-29-33-37-41-45-49-53-57-61-74(83)70-81(71-75(84)62-58-54-50-46-42-38-34-30-26-22-18-14-10-6-2)65-67-90-79(88)69-78(87)80(89)91-68-66-82(72-76(85)63-59-55-51-47-43-39-35-31-27-23-19-15-11-7-3)73-77(86)64-60-56-52-48-44-40-36-32-28-24-20-16-12-8-4/h74-77,83-86H,5-73H2,1-4H3. The van der Waals surface area contributed by atoms with Crippen molar-refractivity contribution in [3.63, 3.8) is 0 Å². The first-order chi connectivity index (χ1) is 44.6. The minimum absolute atomic E-state index is 0.329. The van der Waals surface area contributed by atoms with Gasteiger partial charge in [-0.3, -0.25) is 24.2 Å². The van der Waals surface area contributed by atoms with Crippen LogP contribution in [0, 0.1) is 0 Å². The molecule has 9 nitrogen and oxygen atoms in total. The highest BCUT2D eigenvalue weighted by atomic mass is 32.2. The Labute approximate surface area is 575 Å². The second-order valence-corrected chi connectivity index (χ2v) is 30.9. The van der Waals surface area contributed by atoms with Gasteiger partial charge in [0.2, 0.25) is 5.78 Å². The fourth-order valence-corrected chi connectivity index (χ4v) is 14.8. The largest absolute Gasteiger partial charge is 0.392 e. The molecule has 0 radical (unpaired) electrons. The molecule has 542 valence electrons. The topological polar surface area (TPSA) is 139 Å². The quantitative estimate of drug-likeness (QED) is 0.0263. The van der Waals surface area contributed by atoms with E-state index in [1.807, 2.05) is 0 Å². The van der Waals surface area contributed by atoms with Gasteiger partial charge in [0.1, 0.15) is 0 Å². The van der Waals surface area contributed by atoms with E-state index >= 15 is 0 Å². The Bertz CT molecular complexity index is 1410. The molecule has 0 rings (SSSR count). The normalized spacial score (nSPS) is 13.3. The van der Waals surface area contributed by atoms with Crippen LogP contribution in [0.15, 0.2) is 0 Å². The van der Waals surface area contributed by atoms with Crippen molar-refractivity contribution in [1.29, 1.82) is 0 Å². The number of hydrogen-bond donors (Lipinski definition) is 4. The average Bonchev–Trinajstić information content (AvgIpc) is 3.59. The van der Waals surface area contributed by atoms with Crippen LogP contribution >= 0.6 is 23.5 Å². The van der Waals surface area contributed by atoms with E-state index in [9.17, 15) is 34.8 Å². The average molecular weight is 1320 g/mol. The maximum absolute atomic E-state index is 13.2. The molecule has 0 aliphatic rings. The summed E-state index contributed by atoms with van der Waals surface area (Å²) < 4.78 is 0. The summed E-state index contributed by atoms with van der Waals surface area (Å²) in [5.41, 5.74) is 0. The molecular formula is C80H158N2O7S2. The zero-order valence-electron chi connectivity index (χ0n) is 61.3. The summed E-state index contributed by atoms with van der Waals surface area (Å²) in [5.74, 6) is 0.0818. The molecule has 0 saturated carbocycles. The molecule has 0 aromatic carbocycles. The van der Waals surface area contributed by atoms with Crippen LogP contribution in [0.4, 0.5) is 0 Å². The van der Waals surface area contributed by atoms with Crippen LogP contribution in [-0.2, 0) is 14.4 Å². The molecule has 0 aromatic heterocycles. The van der Waals surface area contributed by atoms with Crippen LogP contribution in [-0.4, -0.2) is 121 Å². The number of carbonyl (C=O) groups excluding carboxylic acids is 3. The number of carbonyl (C=O) groups is 3. The van der Waals surface area contributed by atoms with E-state index in [4.69, 9.17) is 0 Å². The van der Waals surface area contributed by atoms with Crippen LogP contribution < -0.4 is 0 Å². The number of aliphatic hydroxyl groups excluding tert-OH is 4. The van der Waals surface area contributed by atoms with Crippen LogP contribution in [0.1, 0.15) is 419 Å². The Balaban J connectivity index is 5.13. The number of aliphatic hydroxyl groups is 4. The minimum Gasteiger partial charge on any atom is -0.392 e. The van der Waals surface area contributed by atoms with Crippen LogP contribution in [0.5, 0.6) is 0 Å². The van der Waals surface area contributed by atoms with Gasteiger partial charge in [-0.05, 0) is 25.7 Å². The summed E-state index contributed by atoms with van der Waals surface area (Å²) in [6.45, 7) is 11.8. The predicted molar refractivity (Wildman–Crippen MR) is 401 cm³/mol. The van der Waals surface area contributed by atoms with Gasteiger partial charge in [0.15, 0.2) is 5.12 Å². The molecule has 0 fully saturated rings. The lowest BCUT2D eigenvalue weighted by atomic mass is 10.0. The van der Waals surface area contributed by atoms with Crippen molar-refractivity contribution < 1.29 is 34.8 Å². The third-order valence-electron chi connectivity index (χ3n) is 19.3. The van der Waals surface area contributed by atoms with Gasteiger partial charge in [-0.2, -0.15) is 0 Å². The van der Waals surface area contributed by atoms with Crippen molar-refractivity contribution in [2.24, 2.45) is 0 Å². The molecule has 0 bridgehead atoms. The molecule has 0 heterocycles. The minimum atomic E-state index is -0.686. The van der Waals surface area contributed by atoms with Crippen molar-refractivity contribution in [3.05, 3.63) is 0 Å². The summed E-state index contributed by atoms with van der Waals surface area (Å²) >= 11 is 2.01. The lowest BCUT2D eigenvalue weighted by Gasteiger charge is -2.27. The van der Waals surface area contributed by atoms with Crippen LogP contribution in [0.3, 0.4) is 0 Å². The van der Waals surface area contributed by atoms with E-state index in [2.05, 4.69) is 37.5 Å². The molecule has 91 heavy (non-hydrogen) atoms. The summed E-state index contributed by atoms with van der Waals surface area (Å²) in [6.07, 6.45) is 72.9. The monoisotopic (exact) mass is 1320 g/mol. The molecule has 4 unspecified atom stereocenters. The second kappa shape index (κ2) is 73.7. The fourth-order valence-electron chi connectivity index (χ4n) is 13.3. The molecule has 0 saturated heterocycles. The fraction of sp³-hybridized carbons (Fsp3) is 0.963. The number of unbranched alkanes of at least 4 members (excludes halogenated alkanes) is 52. The van der Waals surface area contributed by atoms with Crippen molar-refractivity contribution in [2.75, 3.05) is 50.8 Å². The Morgan fingerprint density at radius 1 is 0.264 bits per heavy atom. The maximum atomic E-state index is 13.2. The molecule has 0 amide bonds. The number of hydrogen-bond acceptors (Lipinski definition) is 11. The highest BCUT2D eigenvalue weighted by molar-refractivity contribution is 8.15. The summed E-state index contributed by atoms with van der Waals surface area (Å²) in [6, 6.07) is 0. The van der Waals surface area contributed by atoms with Gasteiger partial charge in [0.05, 0.1) is 30.8 Å². The number of rotatable bonds is 77. The summed E-state index contributed by atoms with van der Waals surface area (Å²) in [4.78, 5) is 43.8. The molecule has 0 aliphatic heterocycles. The lowest BCUT2D eigenvalue weighted by molar-refractivity contribution is -0.133. The van der Waals surface area contributed by atoms with Gasteiger partial charge >= 0.3 is 0 Å². The van der Waals surface area contributed by atoms with Crippen molar-refractivity contribution in [1.82, 2.24) is 9.80 Å². The van der Waals surface area contributed by atoms with E-state index in [1.54, 1.807) is 0 Å². The Hall–Kier alpha value is -0.530. The van der Waals surface area contributed by atoms with Crippen molar-refractivity contribution >= 4 is 39.5 Å². The van der Waals surface area contributed by atoms with Crippen molar-refractivity contribution in [2.45, 2.75) is 444 Å². The Morgan fingerprint density at radius 3 is 0.637 bits per heavy atom. The highest BCUT2D eigenvalue weighted by Gasteiger charge is 2.22. The first-order valence-corrected chi connectivity index (χ1v) is 42.6. The molecule has 0 aliphatic carbocycles. The highest BCUT2D eigenvalue weighted by Crippen LogP contribution is 2.21. The summed E-state index contributed by atoms with van der Waals surface area (Å²) in [7, 11) is 0. The zero-order chi connectivity index (χ0) is 66.4. The molecular weight excluding hydrogens is 1170 g/mol. The van der Waals surface area contributed by atoms with Crippen molar-refractivity contribution in [3.8, 4) is 0 Å². The smallest absolute Gasteiger partial charge is 0.255 e. The van der Waals surface area contributed by atoms with Gasteiger partial charge in [-0.1, -0.05) is 411 Å². The number of thioether (sulfide) groups is 2. The van der Waals surface area contributed by atoms with Crippen LogP contribution in [0.25, 0.3) is 0 Å². The zero-order valence-corrected chi connectivity index (χ0v) is 63.0. The maximum Gasteiger partial charge on any atom is 0.255 e. The first-order valence-electron chi connectivity index (χ1n) is 40.6. The Kier molecular flexibility index (Phi) is 73.3. The predicted octanol–water partition coefficient (Wildman–Crippen LogP) is 23.0. The molecule has 4 atom stereocenters. The lowest BCUT2D eigenvalue weighted by Crippen LogP contribution is -2.39. The van der Waals surface area contributed by atoms with Gasteiger partial charge in [0, 0.05) is 50.8 Å². The third-order valence-corrected chi connectivity index (χ3v) is 21.0. The molecule has 4 N–H and O–H groups in total. The number of Topliss-reactive ketones (excluding diaryl/α,β-unsaturated/α-hetero) is 1. The molecule has 0 aromatic rings. The summed E-state index contributed by atoms with van der Waals surface area (Å²) in [5, 5.41) is 43.9. The molecule has 11 heteroatoms. The van der Waals surface area contributed by atoms with E-state index in [-0.39, 0.29) is 5.12 Å². The Morgan fingerprint density at radius 2 is 0.440 bits per heavy atom. The van der Waals surface area contributed by atoms with Crippen LogP contribution in [0.2, 0.25) is 0 Å². The first kappa shape index (κ1) is 90.5. The van der Waals surface area contributed by atoms with E-state index in [0.29, 0.717) is 63.6 Å². The number of nitrogens with zero attached hydrogens (tertiary/aromatic N) is 2. The number of ketones is 1. The van der Waals surface area contributed by atoms with E-state index < -0.39 is 41.7 Å². The van der Waals surface area contributed by atoms with Gasteiger partial charge < -0.3 is 20.4 Å². The van der Waals surface area contributed by atoms with Gasteiger partial charge in [-0.25, -0.2) is 0 Å². The van der Waals surface area contributed by atoms with Gasteiger partial charge in [-0.15, -0.1) is 0 Å². The SMILES string of the molecule is CCCCCCCCCCCCCCCCC(O)CN(CCSC(=O)CC(=O)C(=O)SCCN(CC(O)CCCCCCCCCCCCCCCC)CC(O)CCCCCCCCCCCCCCCC)CC(O)CCCCCCCCCCCCCCCC. The third kappa shape index (κ3) is 69.2. The van der Waals surface area contributed by atoms with E-state index in [1.165, 1.54) is 308 Å². The van der Waals surface area contributed by atoms with E-state index in [0.717, 1.165) is 87.7 Å².